The molecular weight excluding hydrogens is 298 g/mol. The van der Waals surface area contributed by atoms with Crippen LogP contribution >= 0.6 is 11.9 Å². The lowest BCUT2D eigenvalue weighted by molar-refractivity contribution is -0.124. The first-order valence-corrected chi connectivity index (χ1v) is 9.04. The van der Waals surface area contributed by atoms with Gasteiger partial charge in [-0.15, -0.1) is 0 Å². The molecule has 4 fully saturated rings. The third-order valence-corrected chi connectivity index (χ3v) is 6.41. The molecule has 0 aromatic carbocycles. The standard InChI is InChI=1S/C16H21N3O2S/c20-14(10-22-19-3-1-2-17-15(19)21)18-16-7-11-4-12(8-16)6-13(5-11)9-16/h1-3,11-13H,4-10H2,(H,18,20). The van der Waals surface area contributed by atoms with E-state index in [0.29, 0.717) is 0 Å². The Morgan fingerprint density at radius 3 is 2.50 bits per heavy atom. The van der Waals surface area contributed by atoms with Crippen LogP contribution in [0.4, 0.5) is 0 Å². The van der Waals surface area contributed by atoms with E-state index in [-0.39, 0.29) is 22.9 Å². The fraction of sp³-hybridized carbons (Fsp3) is 0.688. The normalized spacial score (nSPS) is 35.5. The molecule has 118 valence electrons. The summed E-state index contributed by atoms with van der Waals surface area (Å²) in [5.74, 6) is 2.77. The highest BCUT2D eigenvalue weighted by atomic mass is 32.2. The molecule has 4 aliphatic carbocycles. The molecule has 4 saturated carbocycles. The van der Waals surface area contributed by atoms with Crippen LogP contribution in [0, 0.1) is 17.8 Å². The van der Waals surface area contributed by atoms with Gasteiger partial charge in [0.25, 0.3) is 0 Å². The zero-order valence-electron chi connectivity index (χ0n) is 12.5. The summed E-state index contributed by atoms with van der Waals surface area (Å²) in [6.45, 7) is 0. The lowest BCUT2D eigenvalue weighted by Gasteiger charge is -2.56. The molecule has 0 unspecified atom stereocenters. The summed E-state index contributed by atoms with van der Waals surface area (Å²) < 4.78 is 1.42. The highest BCUT2D eigenvalue weighted by Crippen LogP contribution is 2.55. The van der Waals surface area contributed by atoms with Gasteiger partial charge in [-0.3, -0.25) is 4.79 Å². The van der Waals surface area contributed by atoms with Crippen LogP contribution < -0.4 is 11.0 Å². The van der Waals surface area contributed by atoms with Gasteiger partial charge in [0.1, 0.15) is 0 Å². The molecular formula is C16H21N3O2S. The number of hydrogen-bond donors (Lipinski definition) is 1. The average Bonchev–Trinajstić information content (AvgIpc) is 2.44. The molecule has 0 radical (unpaired) electrons. The molecule has 22 heavy (non-hydrogen) atoms. The number of hydrogen-bond acceptors (Lipinski definition) is 4. The molecule has 0 aliphatic heterocycles. The topological polar surface area (TPSA) is 64.0 Å². The van der Waals surface area contributed by atoms with Crippen molar-refractivity contribution in [3.05, 3.63) is 28.9 Å². The van der Waals surface area contributed by atoms with Gasteiger partial charge in [0.05, 0.1) is 5.75 Å². The highest BCUT2D eigenvalue weighted by molar-refractivity contribution is 7.98. The summed E-state index contributed by atoms with van der Waals surface area (Å²) in [4.78, 5) is 27.6. The summed E-state index contributed by atoms with van der Waals surface area (Å²) in [6.07, 6.45) is 10.7. The molecule has 1 amide bonds. The molecule has 4 bridgehead atoms. The van der Waals surface area contributed by atoms with E-state index in [9.17, 15) is 9.59 Å². The maximum absolute atomic E-state index is 12.3. The van der Waals surface area contributed by atoms with Gasteiger partial charge in [-0.1, -0.05) is 0 Å². The number of carbonyl (C=O) groups excluding carboxylic acids is 1. The number of aromatic nitrogens is 2. The van der Waals surface area contributed by atoms with Crippen molar-refractivity contribution in [2.24, 2.45) is 17.8 Å². The van der Waals surface area contributed by atoms with E-state index in [1.807, 2.05) is 0 Å². The predicted octanol–water partition coefficient (Wildman–Crippen LogP) is 1.82. The first-order valence-electron chi connectivity index (χ1n) is 8.10. The summed E-state index contributed by atoms with van der Waals surface area (Å²) in [5.41, 5.74) is -0.276. The molecule has 1 aromatic heterocycles. The number of nitrogens with one attached hydrogen (secondary N) is 1. The first kappa shape index (κ1) is 14.3. The molecule has 1 aromatic rings. The Morgan fingerprint density at radius 2 is 1.91 bits per heavy atom. The maximum atomic E-state index is 12.3. The number of nitrogens with zero attached hydrogens (tertiary/aromatic N) is 2. The van der Waals surface area contributed by atoms with E-state index >= 15 is 0 Å². The molecule has 0 spiro atoms. The Kier molecular flexibility index (Phi) is 3.51. The number of carbonyl (C=O) groups is 1. The second kappa shape index (κ2) is 5.41. The fourth-order valence-corrected chi connectivity index (χ4v) is 5.81. The van der Waals surface area contributed by atoms with Crippen molar-refractivity contribution in [1.29, 1.82) is 0 Å². The molecule has 1 N–H and O–H groups in total. The van der Waals surface area contributed by atoms with E-state index in [1.54, 1.807) is 12.3 Å². The second-order valence-electron chi connectivity index (χ2n) is 7.25. The molecule has 6 heteroatoms. The van der Waals surface area contributed by atoms with Crippen molar-refractivity contribution < 1.29 is 4.79 Å². The van der Waals surface area contributed by atoms with Gasteiger partial charge >= 0.3 is 5.69 Å². The van der Waals surface area contributed by atoms with Gasteiger partial charge in [0, 0.05) is 17.9 Å². The number of amides is 1. The third kappa shape index (κ3) is 2.69. The van der Waals surface area contributed by atoms with Gasteiger partial charge in [-0.2, -0.15) is 0 Å². The van der Waals surface area contributed by atoms with Crippen molar-refractivity contribution in [2.75, 3.05) is 5.75 Å². The van der Waals surface area contributed by atoms with Crippen molar-refractivity contribution in [2.45, 2.75) is 44.1 Å². The van der Waals surface area contributed by atoms with Crippen LogP contribution in [0.5, 0.6) is 0 Å². The van der Waals surface area contributed by atoms with Crippen LogP contribution in [0.2, 0.25) is 0 Å². The lowest BCUT2D eigenvalue weighted by atomic mass is 9.53. The summed E-state index contributed by atoms with van der Waals surface area (Å²) in [7, 11) is 0. The maximum Gasteiger partial charge on any atom is 0.357 e. The van der Waals surface area contributed by atoms with Crippen LogP contribution in [0.25, 0.3) is 0 Å². The quantitative estimate of drug-likeness (QED) is 0.919. The van der Waals surface area contributed by atoms with Crippen LogP contribution in [-0.2, 0) is 4.79 Å². The zero-order chi connectivity index (χ0) is 15.2. The predicted molar refractivity (Wildman–Crippen MR) is 85.4 cm³/mol. The third-order valence-electron chi connectivity index (χ3n) is 5.46. The molecule has 5 rings (SSSR count). The van der Waals surface area contributed by atoms with Crippen LogP contribution in [0.1, 0.15) is 38.5 Å². The highest BCUT2D eigenvalue weighted by Gasteiger charge is 2.51. The Bertz CT molecular complexity index is 607. The molecule has 5 nitrogen and oxygen atoms in total. The Morgan fingerprint density at radius 1 is 1.27 bits per heavy atom. The Labute approximate surface area is 134 Å². The minimum absolute atomic E-state index is 0.0442. The minimum Gasteiger partial charge on any atom is -0.350 e. The van der Waals surface area contributed by atoms with E-state index in [2.05, 4.69) is 10.3 Å². The van der Waals surface area contributed by atoms with Crippen LogP contribution in [0.3, 0.4) is 0 Å². The first-order chi connectivity index (χ1) is 10.6. The Hall–Kier alpha value is -1.30. The molecule has 1 heterocycles. The van der Waals surface area contributed by atoms with Gasteiger partial charge in [-0.05, 0) is 74.3 Å². The van der Waals surface area contributed by atoms with Gasteiger partial charge < -0.3 is 5.32 Å². The molecule has 4 aliphatic rings. The fourth-order valence-electron chi connectivity index (χ4n) is 5.17. The number of rotatable bonds is 4. The minimum atomic E-state index is -0.324. The van der Waals surface area contributed by atoms with Gasteiger partial charge in [0.2, 0.25) is 5.91 Å². The van der Waals surface area contributed by atoms with Crippen LogP contribution in [-0.4, -0.2) is 26.2 Å². The molecule has 0 saturated heterocycles. The SMILES string of the molecule is O=C(CSn1cccnc1=O)NC12CC3CC(CC(C3)C1)C2. The summed E-state index contributed by atoms with van der Waals surface area (Å²) in [5, 5.41) is 3.32. The van der Waals surface area contributed by atoms with Crippen molar-refractivity contribution in [1.82, 2.24) is 14.3 Å². The molecule has 0 atom stereocenters. The van der Waals surface area contributed by atoms with Gasteiger partial charge in [-0.25, -0.2) is 13.8 Å². The van der Waals surface area contributed by atoms with E-state index in [4.69, 9.17) is 0 Å². The van der Waals surface area contributed by atoms with Crippen molar-refractivity contribution >= 4 is 17.9 Å². The second-order valence-corrected chi connectivity index (χ2v) is 8.19. The van der Waals surface area contributed by atoms with Crippen LogP contribution in [0.15, 0.2) is 23.3 Å². The summed E-state index contributed by atoms with van der Waals surface area (Å²) >= 11 is 1.21. The van der Waals surface area contributed by atoms with Gasteiger partial charge in [0.15, 0.2) is 0 Å². The van der Waals surface area contributed by atoms with E-state index in [0.717, 1.165) is 37.0 Å². The lowest BCUT2D eigenvalue weighted by Crippen LogP contribution is -2.60. The summed E-state index contributed by atoms with van der Waals surface area (Å²) in [6, 6.07) is 1.70. The Balaban J connectivity index is 1.38. The zero-order valence-corrected chi connectivity index (χ0v) is 13.3. The van der Waals surface area contributed by atoms with Crippen molar-refractivity contribution in [3.8, 4) is 0 Å². The monoisotopic (exact) mass is 319 g/mol. The van der Waals surface area contributed by atoms with E-state index in [1.165, 1.54) is 41.4 Å². The smallest absolute Gasteiger partial charge is 0.350 e. The average molecular weight is 319 g/mol. The van der Waals surface area contributed by atoms with E-state index < -0.39 is 0 Å². The largest absolute Gasteiger partial charge is 0.357 e. The van der Waals surface area contributed by atoms with Crippen molar-refractivity contribution in [3.63, 3.8) is 0 Å².